The predicted molar refractivity (Wildman–Crippen MR) is 62.1 cm³/mol. The quantitative estimate of drug-likeness (QED) is 0.844. The molecule has 3 aliphatic rings. The summed E-state index contributed by atoms with van der Waals surface area (Å²) in [6, 6.07) is 1.66. The summed E-state index contributed by atoms with van der Waals surface area (Å²) in [6.07, 6.45) is 6.38. The molecule has 3 unspecified atom stereocenters. The van der Waals surface area contributed by atoms with Crippen LogP contribution in [-0.4, -0.2) is 22.2 Å². The maximum atomic E-state index is 11.7. The van der Waals surface area contributed by atoms with Gasteiger partial charge in [-0.25, -0.2) is 4.98 Å². The molecule has 1 saturated carbocycles. The average molecular weight is 232 g/mol. The second-order valence-electron chi connectivity index (χ2n) is 5.55. The predicted octanol–water partition coefficient (Wildman–Crippen LogP) is 1.68. The van der Waals surface area contributed by atoms with E-state index < -0.39 is 0 Å². The van der Waals surface area contributed by atoms with Crippen LogP contribution in [0.25, 0.3) is 0 Å². The monoisotopic (exact) mass is 232 g/mol. The standard InChI is InChI=1S/C13H16N2O2/c16-12-6-10(7-1-2-7)14-13(15-12)9-5-8-3-4-11(9)17-8/h6-9,11H,1-5H2,(H,14,15,16). The van der Waals surface area contributed by atoms with Gasteiger partial charge in [-0.1, -0.05) is 0 Å². The summed E-state index contributed by atoms with van der Waals surface area (Å²) in [5.41, 5.74) is 0.992. The first kappa shape index (κ1) is 9.83. The third kappa shape index (κ3) is 1.62. The van der Waals surface area contributed by atoms with E-state index >= 15 is 0 Å². The smallest absolute Gasteiger partial charge is 0.251 e. The third-order valence-electron chi connectivity index (χ3n) is 4.23. The number of aromatic nitrogens is 2. The van der Waals surface area contributed by atoms with Crippen molar-refractivity contribution in [2.75, 3.05) is 0 Å². The molecule has 1 aliphatic carbocycles. The lowest BCUT2D eigenvalue weighted by molar-refractivity contribution is 0.0998. The molecule has 17 heavy (non-hydrogen) atoms. The lowest BCUT2D eigenvalue weighted by Gasteiger charge is -2.17. The highest BCUT2D eigenvalue weighted by atomic mass is 16.5. The number of hydrogen-bond acceptors (Lipinski definition) is 3. The maximum Gasteiger partial charge on any atom is 0.251 e. The molecule has 4 nitrogen and oxygen atoms in total. The molecule has 0 aromatic carbocycles. The minimum atomic E-state index is -0.000302. The summed E-state index contributed by atoms with van der Waals surface area (Å²) in [7, 11) is 0. The van der Waals surface area contributed by atoms with E-state index in [1.54, 1.807) is 6.07 Å². The normalized spacial score (nSPS) is 35.4. The van der Waals surface area contributed by atoms with Crippen molar-refractivity contribution in [3.63, 3.8) is 0 Å². The number of fused-ring (bicyclic) bond motifs is 2. The Kier molecular flexibility index (Phi) is 1.98. The summed E-state index contributed by atoms with van der Waals surface area (Å²) in [4.78, 5) is 19.2. The zero-order valence-electron chi connectivity index (χ0n) is 9.69. The van der Waals surface area contributed by atoms with Crippen molar-refractivity contribution in [2.24, 2.45) is 0 Å². The van der Waals surface area contributed by atoms with E-state index in [1.165, 1.54) is 19.3 Å². The highest BCUT2D eigenvalue weighted by molar-refractivity contribution is 5.17. The number of nitrogens with one attached hydrogen (secondary N) is 1. The molecule has 3 fully saturated rings. The van der Waals surface area contributed by atoms with Gasteiger partial charge in [0.15, 0.2) is 0 Å². The topological polar surface area (TPSA) is 55.0 Å². The zero-order chi connectivity index (χ0) is 11.4. The summed E-state index contributed by atoms with van der Waals surface area (Å²) in [6.45, 7) is 0. The van der Waals surface area contributed by atoms with Crippen LogP contribution in [0, 0.1) is 0 Å². The number of hydrogen-bond donors (Lipinski definition) is 1. The Labute approximate surface area is 99.4 Å². The van der Waals surface area contributed by atoms with Crippen LogP contribution >= 0.6 is 0 Å². The molecule has 2 saturated heterocycles. The molecule has 90 valence electrons. The fourth-order valence-corrected chi connectivity index (χ4v) is 3.19. The molecule has 1 aromatic rings. The van der Waals surface area contributed by atoms with E-state index in [0.29, 0.717) is 17.9 Å². The summed E-state index contributed by atoms with van der Waals surface area (Å²) in [5.74, 6) is 1.72. The molecule has 4 rings (SSSR count). The zero-order valence-corrected chi connectivity index (χ0v) is 9.69. The second kappa shape index (κ2) is 3.42. The number of H-pyrrole nitrogens is 1. The number of nitrogens with zero attached hydrogens (tertiary/aromatic N) is 1. The van der Waals surface area contributed by atoms with Crippen LogP contribution < -0.4 is 5.56 Å². The molecule has 0 spiro atoms. The van der Waals surface area contributed by atoms with Gasteiger partial charge in [-0.05, 0) is 32.1 Å². The van der Waals surface area contributed by atoms with E-state index in [2.05, 4.69) is 9.97 Å². The van der Waals surface area contributed by atoms with Gasteiger partial charge >= 0.3 is 0 Å². The van der Waals surface area contributed by atoms with Gasteiger partial charge in [-0.3, -0.25) is 4.79 Å². The minimum absolute atomic E-state index is 0.000302. The van der Waals surface area contributed by atoms with Crippen LogP contribution in [0.15, 0.2) is 10.9 Å². The summed E-state index contributed by atoms with van der Waals surface area (Å²) >= 11 is 0. The van der Waals surface area contributed by atoms with Gasteiger partial charge in [0.2, 0.25) is 0 Å². The molecular formula is C13H16N2O2. The molecule has 3 atom stereocenters. The van der Waals surface area contributed by atoms with Gasteiger partial charge in [0.25, 0.3) is 5.56 Å². The van der Waals surface area contributed by atoms with Crippen molar-refractivity contribution in [1.29, 1.82) is 0 Å². The Hall–Kier alpha value is -1.16. The van der Waals surface area contributed by atoms with Crippen molar-refractivity contribution in [2.45, 2.75) is 56.1 Å². The highest BCUT2D eigenvalue weighted by Gasteiger charge is 2.43. The largest absolute Gasteiger partial charge is 0.374 e. The van der Waals surface area contributed by atoms with Gasteiger partial charge in [-0.2, -0.15) is 0 Å². The van der Waals surface area contributed by atoms with Crippen molar-refractivity contribution in [3.8, 4) is 0 Å². The van der Waals surface area contributed by atoms with Crippen molar-refractivity contribution in [3.05, 3.63) is 27.9 Å². The van der Waals surface area contributed by atoms with Gasteiger partial charge in [0.05, 0.1) is 17.9 Å². The molecule has 2 aliphatic heterocycles. The molecule has 1 N–H and O–H groups in total. The van der Waals surface area contributed by atoms with Crippen molar-refractivity contribution < 1.29 is 4.74 Å². The van der Waals surface area contributed by atoms with E-state index in [0.717, 1.165) is 24.4 Å². The summed E-state index contributed by atoms with van der Waals surface area (Å²) in [5, 5.41) is 0. The molecule has 4 heteroatoms. The molecule has 3 heterocycles. The Morgan fingerprint density at radius 3 is 2.82 bits per heavy atom. The Bertz CT molecular complexity index is 506. The van der Waals surface area contributed by atoms with Crippen LogP contribution in [0.1, 0.15) is 55.5 Å². The SMILES string of the molecule is O=c1cc(C2CC2)nc(C2CC3CCC2O3)[nH]1. The van der Waals surface area contributed by atoms with Crippen molar-refractivity contribution in [1.82, 2.24) is 9.97 Å². The lowest BCUT2D eigenvalue weighted by Crippen LogP contribution is -2.21. The van der Waals surface area contributed by atoms with Crippen LogP contribution in [0.5, 0.6) is 0 Å². The second-order valence-corrected chi connectivity index (χ2v) is 5.55. The van der Waals surface area contributed by atoms with Crippen LogP contribution in [0.2, 0.25) is 0 Å². The van der Waals surface area contributed by atoms with Crippen LogP contribution in [0.3, 0.4) is 0 Å². The highest BCUT2D eigenvalue weighted by Crippen LogP contribution is 2.44. The molecule has 1 aromatic heterocycles. The minimum Gasteiger partial charge on any atom is -0.374 e. The fourth-order valence-electron chi connectivity index (χ4n) is 3.19. The third-order valence-corrected chi connectivity index (χ3v) is 4.23. The van der Waals surface area contributed by atoms with E-state index in [4.69, 9.17) is 4.74 Å². The number of ether oxygens (including phenoxy) is 1. The Morgan fingerprint density at radius 2 is 2.18 bits per heavy atom. The fraction of sp³-hybridized carbons (Fsp3) is 0.692. The van der Waals surface area contributed by atoms with Crippen LogP contribution in [0.4, 0.5) is 0 Å². The Balaban J connectivity index is 1.70. The number of rotatable bonds is 2. The van der Waals surface area contributed by atoms with Gasteiger partial charge in [0.1, 0.15) is 5.82 Å². The molecular weight excluding hydrogens is 216 g/mol. The average Bonchev–Trinajstić information content (AvgIpc) is 2.97. The van der Waals surface area contributed by atoms with Gasteiger partial charge in [-0.15, -0.1) is 0 Å². The Morgan fingerprint density at radius 1 is 1.29 bits per heavy atom. The van der Waals surface area contributed by atoms with Gasteiger partial charge in [0, 0.05) is 17.9 Å². The van der Waals surface area contributed by atoms with E-state index in [1.807, 2.05) is 0 Å². The van der Waals surface area contributed by atoms with E-state index in [-0.39, 0.29) is 11.7 Å². The number of aromatic amines is 1. The van der Waals surface area contributed by atoms with Crippen molar-refractivity contribution >= 4 is 0 Å². The van der Waals surface area contributed by atoms with Crippen LogP contribution in [-0.2, 0) is 4.74 Å². The molecule has 0 radical (unpaired) electrons. The van der Waals surface area contributed by atoms with Gasteiger partial charge < -0.3 is 9.72 Å². The molecule has 2 bridgehead atoms. The maximum absolute atomic E-state index is 11.7. The first-order chi connectivity index (χ1) is 8.29. The first-order valence-corrected chi connectivity index (χ1v) is 6.56. The summed E-state index contributed by atoms with van der Waals surface area (Å²) < 4.78 is 5.83. The molecule has 0 amide bonds. The lowest BCUT2D eigenvalue weighted by atomic mass is 9.88. The first-order valence-electron chi connectivity index (χ1n) is 6.56. The van der Waals surface area contributed by atoms with E-state index in [9.17, 15) is 4.79 Å².